The fourth-order valence-corrected chi connectivity index (χ4v) is 4.46. The Bertz CT molecular complexity index is 1150. The highest BCUT2D eigenvalue weighted by molar-refractivity contribution is 5.77. The summed E-state index contributed by atoms with van der Waals surface area (Å²) < 4.78 is 0. The molecule has 30 heavy (non-hydrogen) atoms. The summed E-state index contributed by atoms with van der Waals surface area (Å²) in [5, 5.41) is 0. The summed E-state index contributed by atoms with van der Waals surface area (Å²) in [6, 6.07) is 14.9. The minimum absolute atomic E-state index is 0.402. The third kappa shape index (κ3) is 3.81. The van der Waals surface area contributed by atoms with Crippen molar-refractivity contribution < 1.29 is 0 Å². The van der Waals surface area contributed by atoms with Crippen molar-refractivity contribution in [2.75, 3.05) is 13.1 Å². The molecule has 2 aromatic carbocycles. The minimum Gasteiger partial charge on any atom is -0.298 e. The van der Waals surface area contributed by atoms with Crippen LogP contribution in [0.25, 0.3) is 22.2 Å². The molecule has 5 heteroatoms. The van der Waals surface area contributed by atoms with Crippen LogP contribution in [0.3, 0.4) is 0 Å². The van der Waals surface area contributed by atoms with Gasteiger partial charge in [0.1, 0.15) is 6.33 Å². The van der Waals surface area contributed by atoms with E-state index in [4.69, 9.17) is 4.98 Å². The Labute approximate surface area is 176 Å². The Morgan fingerprint density at radius 3 is 2.77 bits per heavy atom. The van der Waals surface area contributed by atoms with E-state index in [0.29, 0.717) is 5.92 Å². The summed E-state index contributed by atoms with van der Waals surface area (Å²) in [6.07, 6.45) is 9.50. The summed E-state index contributed by atoms with van der Waals surface area (Å²) in [5.74, 6) is 0.402. The molecule has 2 aromatic heterocycles. The Morgan fingerprint density at radius 1 is 1.00 bits per heavy atom. The molecule has 1 atom stereocenters. The van der Waals surface area contributed by atoms with Gasteiger partial charge in [0, 0.05) is 43.2 Å². The van der Waals surface area contributed by atoms with Crippen LogP contribution in [0.5, 0.6) is 0 Å². The second-order valence-corrected chi connectivity index (χ2v) is 8.10. The Kier molecular flexibility index (Phi) is 5.20. The van der Waals surface area contributed by atoms with Crippen LogP contribution in [0.2, 0.25) is 0 Å². The Morgan fingerprint density at radius 2 is 1.87 bits per heavy atom. The molecular formula is C25H25N5. The van der Waals surface area contributed by atoms with Gasteiger partial charge in [-0.25, -0.2) is 9.97 Å². The quantitative estimate of drug-likeness (QED) is 0.498. The standard InChI is InChI=1S/C25H25N5/c1-18-7-9-19(10-8-18)22-14-26-17-29-24(22)20-5-3-13-30(15-20)16-21-4-2-6-23-25(21)28-12-11-27-23/h2,4,6-12,14,17,20H,3,5,13,15-16H2,1H3. The second kappa shape index (κ2) is 8.28. The van der Waals surface area contributed by atoms with Gasteiger partial charge >= 0.3 is 0 Å². The van der Waals surface area contributed by atoms with Crippen LogP contribution in [0, 0.1) is 6.92 Å². The Balaban J connectivity index is 1.40. The number of benzene rings is 2. The van der Waals surface area contributed by atoms with Crippen molar-refractivity contribution in [2.24, 2.45) is 0 Å². The van der Waals surface area contributed by atoms with Crippen molar-refractivity contribution in [3.8, 4) is 11.1 Å². The first-order valence-electron chi connectivity index (χ1n) is 10.6. The summed E-state index contributed by atoms with van der Waals surface area (Å²) in [6.45, 7) is 5.09. The summed E-state index contributed by atoms with van der Waals surface area (Å²) in [5.41, 5.74) is 7.97. The second-order valence-electron chi connectivity index (χ2n) is 8.10. The minimum atomic E-state index is 0.402. The Hall–Kier alpha value is -3.18. The molecule has 1 unspecified atom stereocenters. The van der Waals surface area contributed by atoms with E-state index in [1.807, 2.05) is 12.3 Å². The first-order chi connectivity index (χ1) is 14.8. The molecule has 150 valence electrons. The van der Waals surface area contributed by atoms with Crippen LogP contribution in [-0.2, 0) is 6.54 Å². The molecule has 0 bridgehead atoms. The van der Waals surface area contributed by atoms with E-state index in [-0.39, 0.29) is 0 Å². The van der Waals surface area contributed by atoms with Gasteiger partial charge in [0.05, 0.1) is 16.7 Å². The maximum Gasteiger partial charge on any atom is 0.115 e. The number of para-hydroxylation sites is 1. The van der Waals surface area contributed by atoms with Gasteiger partial charge in [-0.05, 0) is 43.5 Å². The topological polar surface area (TPSA) is 54.8 Å². The number of aryl methyl sites for hydroxylation is 1. The van der Waals surface area contributed by atoms with Crippen molar-refractivity contribution in [2.45, 2.75) is 32.2 Å². The van der Waals surface area contributed by atoms with Crippen LogP contribution in [0.4, 0.5) is 0 Å². The number of aromatic nitrogens is 4. The highest BCUT2D eigenvalue weighted by Gasteiger charge is 2.25. The maximum absolute atomic E-state index is 4.73. The molecule has 0 N–H and O–H groups in total. The lowest BCUT2D eigenvalue weighted by atomic mass is 9.89. The lowest BCUT2D eigenvalue weighted by molar-refractivity contribution is 0.199. The van der Waals surface area contributed by atoms with Crippen molar-refractivity contribution in [3.63, 3.8) is 0 Å². The zero-order valence-corrected chi connectivity index (χ0v) is 17.2. The lowest BCUT2D eigenvalue weighted by Gasteiger charge is -2.33. The van der Waals surface area contributed by atoms with E-state index in [0.717, 1.165) is 48.3 Å². The third-order valence-corrected chi connectivity index (χ3v) is 5.97. The molecule has 4 aromatic rings. The molecule has 1 saturated heterocycles. The van der Waals surface area contributed by atoms with Crippen LogP contribution in [-0.4, -0.2) is 37.9 Å². The van der Waals surface area contributed by atoms with Crippen molar-refractivity contribution in [1.82, 2.24) is 24.8 Å². The number of hydrogen-bond donors (Lipinski definition) is 0. The van der Waals surface area contributed by atoms with E-state index in [2.05, 4.69) is 63.2 Å². The van der Waals surface area contributed by atoms with Crippen LogP contribution in [0.1, 0.15) is 35.6 Å². The van der Waals surface area contributed by atoms with Gasteiger partial charge in [0.15, 0.2) is 0 Å². The van der Waals surface area contributed by atoms with Gasteiger partial charge in [-0.3, -0.25) is 14.9 Å². The number of likely N-dealkylation sites (tertiary alicyclic amines) is 1. The summed E-state index contributed by atoms with van der Waals surface area (Å²) in [4.78, 5) is 20.6. The van der Waals surface area contributed by atoms with Gasteiger partial charge in [0.25, 0.3) is 0 Å². The normalized spacial score (nSPS) is 17.3. The van der Waals surface area contributed by atoms with Crippen molar-refractivity contribution >= 4 is 11.0 Å². The maximum atomic E-state index is 4.73. The van der Waals surface area contributed by atoms with E-state index < -0.39 is 0 Å². The molecule has 1 aliphatic heterocycles. The largest absolute Gasteiger partial charge is 0.298 e. The predicted molar refractivity (Wildman–Crippen MR) is 119 cm³/mol. The molecule has 0 aliphatic carbocycles. The fraction of sp³-hybridized carbons (Fsp3) is 0.280. The van der Waals surface area contributed by atoms with Gasteiger partial charge in [-0.2, -0.15) is 0 Å². The van der Waals surface area contributed by atoms with E-state index in [9.17, 15) is 0 Å². The van der Waals surface area contributed by atoms with E-state index >= 15 is 0 Å². The number of nitrogens with zero attached hydrogens (tertiary/aromatic N) is 5. The fourth-order valence-electron chi connectivity index (χ4n) is 4.46. The summed E-state index contributed by atoms with van der Waals surface area (Å²) >= 11 is 0. The molecule has 0 amide bonds. The SMILES string of the molecule is Cc1ccc(-c2cncnc2C2CCCN(Cc3cccc4nccnc34)C2)cc1. The van der Waals surface area contributed by atoms with Gasteiger partial charge in [-0.1, -0.05) is 42.0 Å². The summed E-state index contributed by atoms with van der Waals surface area (Å²) in [7, 11) is 0. The van der Waals surface area contributed by atoms with Crippen LogP contribution >= 0.6 is 0 Å². The third-order valence-electron chi connectivity index (χ3n) is 5.97. The number of hydrogen-bond acceptors (Lipinski definition) is 5. The lowest BCUT2D eigenvalue weighted by Crippen LogP contribution is -2.34. The first kappa shape index (κ1) is 18.8. The number of piperidine rings is 1. The van der Waals surface area contributed by atoms with Gasteiger partial charge in [0.2, 0.25) is 0 Å². The molecule has 0 spiro atoms. The van der Waals surface area contributed by atoms with E-state index in [1.54, 1.807) is 18.7 Å². The molecule has 0 saturated carbocycles. The van der Waals surface area contributed by atoms with Gasteiger partial charge < -0.3 is 0 Å². The molecular weight excluding hydrogens is 370 g/mol. The molecule has 3 heterocycles. The highest BCUT2D eigenvalue weighted by atomic mass is 15.1. The van der Waals surface area contributed by atoms with E-state index in [1.165, 1.54) is 23.1 Å². The number of rotatable bonds is 4. The predicted octanol–water partition coefficient (Wildman–Crippen LogP) is 4.77. The molecule has 1 fully saturated rings. The average molecular weight is 396 g/mol. The van der Waals surface area contributed by atoms with Crippen LogP contribution in [0.15, 0.2) is 67.4 Å². The van der Waals surface area contributed by atoms with Crippen LogP contribution < -0.4 is 0 Å². The monoisotopic (exact) mass is 395 g/mol. The van der Waals surface area contributed by atoms with Crippen molar-refractivity contribution in [3.05, 3.63) is 84.2 Å². The highest BCUT2D eigenvalue weighted by Crippen LogP contribution is 2.33. The first-order valence-corrected chi connectivity index (χ1v) is 10.6. The zero-order valence-electron chi connectivity index (χ0n) is 17.2. The smallest absolute Gasteiger partial charge is 0.115 e. The van der Waals surface area contributed by atoms with Gasteiger partial charge in [-0.15, -0.1) is 0 Å². The molecule has 5 rings (SSSR count). The molecule has 1 aliphatic rings. The molecule has 0 radical (unpaired) electrons. The number of fused-ring (bicyclic) bond motifs is 1. The van der Waals surface area contributed by atoms with Crippen molar-refractivity contribution in [1.29, 1.82) is 0 Å². The zero-order chi connectivity index (χ0) is 20.3. The molecule has 5 nitrogen and oxygen atoms in total. The average Bonchev–Trinajstić information content (AvgIpc) is 2.80.